The standard InChI is InChI=1S/C18H20N2O/c1-3-9-17(15-11-5-4-6-12-15)19-20-18(21)16-13-8-7-10-14(16)2/h4-8,10-13H,3,9H2,1-2H3,(H,20,21). The molecule has 108 valence electrons. The summed E-state index contributed by atoms with van der Waals surface area (Å²) in [4.78, 5) is 12.2. The maximum absolute atomic E-state index is 12.2. The van der Waals surface area contributed by atoms with E-state index in [0.29, 0.717) is 5.56 Å². The van der Waals surface area contributed by atoms with Gasteiger partial charge in [-0.15, -0.1) is 0 Å². The van der Waals surface area contributed by atoms with E-state index in [4.69, 9.17) is 0 Å². The molecule has 0 aliphatic carbocycles. The predicted molar refractivity (Wildman–Crippen MR) is 86.5 cm³/mol. The number of hydrogen-bond donors (Lipinski definition) is 1. The third kappa shape index (κ3) is 4.02. The summed E-state index contributed by atoms with van der Waals surface area (Å²) in [7, 11) is 0. The van der Waals surface area contributed by atoms with Crippen LogP contribution in [0.5, 0.6) is 0 Å². The molecule has 0 heterocycles. The second-order valence-corrected chi connectivity index (χ2v) is 4.93. The monoisotopic (exact) mass is 280 g/mol. The predicted octanol–water partition coefficient (Wildman–Crippen LogP) is 3.93. The number of hydrazone groups is 1. The fraction of sp³-hybridized carbons (Fsp3) is 0.222. The average molecular weight is 280 g/mol. The Morgan fingerprint density at radius 2 is 1.71 bits per heavy atom. The van der Waals surface area contributed by atoms with Gasteiger partial charge in [-0.3, -0.25) is 4.79 Å². The number of carbonyl (C=O) groups is 1. The molecule has 0 aliphatic rings. The number of aryl methyl sites for hydroxylation is 1. The number of nitrogens with one attached hydrogen (secondary N) is 1. The minimum atomic E-state index is -0.169. The lowest BCUT2D eigenvalue weighted by molar-refractivity contribution is 0.0954. The molecule has 3 heteroatoms. The van der Waals surface area contributed by atoms with Crippen LogP contribution in [0.1, 0.15) is 41.3 Å². The molecule has 0 radical (unpaired) electrons. The Bertz CT molecular complexity index is 633. The molecule has 0 spiro atoms. The van der Waals surface area contributed by atoms with Gasteiger partial charge in [-0.2, -0.15) is 5.10 Å². The maximum atomic E-state index is 12.2. The van der Waals surface area contributed by atoms with Crippen molar-refractivity contribution in [2.75, 3.05) is 0 Å². The first-order chi connectivity index (χ1) is 10.2. The number of rotatable bonds is 5. The van der Waals surface area contributed by atoms with E-state index < -0.39 is 0 Å². The molecule has 0 saturated heterocycles. The minimum Gasteiger partial charge on any atom is -0.267 e. The van der Waals surface area contributed by atoms with Gasteiger partial charge in [-0.05, 0) is 30.5 Å². The van der Waals surface area contributed by atoms with Crippen molar-refractivity contribution in [3.63, 3.8) is 0 Å². The molecule has 3 nitrogen and oxygen atoms in total. The van der Waals surface area contributed by atoms with Gasteiger partial charge in [0.15, 0.2) is 0 Å². The van der Waals surface area contributed by atoms with Gasteiger partial charge in [0.1, 0.15) is 0 Å². The zero-order chi connectivity index (χ0) is 15.1. The highest BCUT2D eigenvalue weighted by Crippen LogP contribution is 2.08. The normalized spacial score (nSPS) is 11.2. The van der Waals surface area contributed by atoms with Crippen LogP contribution in [0.15, 0.2) is 59.7 Å². The van der Waals surface area contributed by atoms with E-state index >= 15 is 0 Å². The smallest absolute Gasteiger partial charge is 0.267 e. The van der Waals surface area contributed by atoms with Crippen molar-refractivity contribution in [1.82, 2.24) is 5.43 Å². The summed E-state index contributed by atoms with van der Waals surface area (Å²) in [6.45, 7) is 4.02. The minimum absolute atomic E-state index is 0.169. The lowest BCUT2D eigenvalue weighted by atomic mass is 10.1. The molecule has 0 bridgehead atoms. The molecule has 2 aromatic rings. The van der Waals surface area contributed by atoms with E-state index in [1.54, 1.807) is 0 Å². The summed E-state index contributed by atoms with van der Waals surface area (Å²) in [6.07, 6.45) is 1.81. The molecule has 0 unspecified atom stereocenters. The zero-order valence-electron chi connectivity index (χ0n) is 12.5. The summed E-state index contributed by atoms with van der Waals surface area (Å²) >= 11 is 0. The summed E-state index contributed by atoms with van der Waals surface area (Å²) in [5.41, 5.74) is 6.22. The molecule has 0 fully saturated rings. The first-order valence-corrected chi connectivity index (χ1v) is 7.20. The first-order valence-electron chi connectivity index (χ1n) is 7.20. The second-order valence-electron chi connectivity index (χ2n) is 4.93. The molecule has 1 amide bonds. The number of amides is 1. The van der Waals surface area contributed by atoms with E-state index in [0.717, 1.165) is 29.7 Å². The van der Waals surface area contributed by atoms with Crippen LogP contribution in [-0.2, 0) is 0 Å². The number of carbonyl (C=O) groups excluding carboxylic acids is 1. The van der Waals surface area contributed by atoms with Gasteiger partial charge in [0, 0.05) is 5.56 Å². The van der Waals surface area contributed by atoms with Gasteiger partial charge in [-0.1, -0.05) is 61.9 Å². The van der Waals surface area contributed by atoms with E-state index in [2.05, 4.69) is 17.5 Å². The molecule has 0 aromatic heterocycles. The molecule has 2 rings (SSSR count). The van der Waals surface area contributed by atoms with E-state index in [-0.39, 0.29) is 5.91 Å². The van der Waals surface area contributed by atoms with Crippen LogP contribution in [0.25, 0.3) is 0 Å². The maximum Gasteiger partial charge on any atom is 0.271 e. The van der Waals surface area contributed by atoms with Gasteiger partial charge in [-0.25, -0.2) is 5.43 Å². The highest BCUT2D eigenvalue weighted by molar-refractivity contribution is 6.02. The SMILES string of the molecule is CCCC(=NNC(=O)c1ccccc1C)c1ccccc1. The Labute approximate surface area is 125 Å². The van der Waals surface area contributed by atoms with E-state index in [1.807, 2.05) is 61.5 Å². The van der Waals surface area contributed by atoms with Gasteiger partial charge < -0.3 is 0 Å². The fourth-order valence-electron chi connectivity index (χ4n) is 2.14. The Morgan fingerprint density at radius 1 is 1.05 bits per heavy atom. The van der Waals surface area contributed by atoms with Crippen LogP contribution >= 0.6 is 0 Å². The third-order valence-corrected chi connectivity index (χ3v) is 3.28. The van der Waals surface area contributed by atoms with Crippen LogP contribution in [-0.4, -0.2) is 11.6 Å². The van der Waals surface area contributed by atoms with Crippen LogP contribution in [0.2, 0.25) is 0 Å². The summed E-state index contributed by atoms with van der Waals surface area (Å²) in [6, 6.07) is 17.4. The lowest BCUT2D eigenvalue weighted by Crippen LogP contribution is -2.21. The molecule has 0 atom stereocenters. The topological polar surface area (TPSA) is 41.5 Å². The van der Waals surface area contributed by atoms with Crippen molar-refractivity contribution in [2.45, 2.75) is 26.7 Å². The Balaban J connectivity index is 2.17. The lowest BCUT2D eigenvalue weighted by Gasteiger charge is -2.07. The Hall–Kier alpha value is -2.42. The van der Waals surface area contributed by atoms with E-state index in [9.17, 15) is 4.79 Å². The first kappa shape index (κ1) is 15.0. The van der Waals surface area contributed by atoms with Crippen molar-refractivity contribution in [2.24, 2.45) is 5.10 Å². The molecule has 0 saturated carbocycles. The molecule has 0 aliphatic heterocycles. The van der Waals surface area contributed by atoms with Crippen molar-refractivity contribution < 1.29 is 4.79 Å². The molecular formula is C18H20N2O. The number of benzene rings is 2. The zero-order valence-corrected chi connectivity index (χ0v) is 12.5. The van der Waals surface area contributed by atoms with Gasteiger partial charge in [0.2, 0.25) is 0 Å². The van der Waals surface area contributed by atoms with Gasteiger partial charge in [0.25, 0.3) is 5.91 Å². The quantitative estimate of drug-likeness (QED) is 0.654. The van der Waals surface area contributed by atoms with Crippen LogP contribution in [0.3, 0.4) is 0 Å². The van der Waals surface area contributed by atoms with Crippen molar-refractivity contribution >= 4 is 11.6 Å². The molecule has 2 aromatic carbocycles. The summed E-state index contributed by atoms with van der Waals surface area (Å²) in [5.74, 6) is -0.169. The summed E-state index contributed by atoms with van der Waals surface area (Å²) < 4.78 is 0. The Kier molecular flexibility index (Phi) is 5.27. The number of hydrogen-bond acceptors (Lipinski definition) is 2. The van der Waals surface area contributed by atoms with Gasteiger partial charge >= 0.3 is 0 Å². The second kappa shape index (κ2) is 7.39. The molecule has 1 N–H and O–H groups in total. The summed E-state index contributed by atoms with van der Waals surface area (Å²) in [5, 5.41) is 4.32. The highest BCUT2D eigenvalue weighted by atomic mass is 16.2. The molecular weight excluding hydrogens is 260 g/mol. The largest absolute Gasteiger partial charge is 0.271 e. The van der Waals surface area contributed by atoms with Crippen molar-refractivity contribution in [3.8, 4) is 0 Å². The fourth-order valence-corrected chi connectivity index (χ4v) is 2.14. The Morgan fingerprint density at radius 3 is 2.38 bits per heavy atom. The van der Waals surface area contributed by atoms with Gasteiger partial charge in [0.05, 0.1) is 5.71 Å². The van der Waals surface area contributed by atoms with Crippen molar-refractivity contribution in [1.29, 1.82) is 0 Å². The van der Waals surface area contributed by atoms with Crippen molar-refractivity contribution in [3.05, 3.63) is 71.3 Å². The number of nitrogens with zero attached hydrogens (tertiary/aromatic N) is 1. The average Bonchev–Trinajstić information content (AvgIpc) is 2.52. The van der Waals surface area contributed by atoms with Crippen LogP contribution in [0.4, 0.5) is 0 Å². The van der Waals surface area contributed by atoms with Crippen LogP contribution < -0.4 is 5.43 Å². The van der Waals surface area contributed by atoms with Crippen LogP contribution in [0, 0.1) is 6.92 Å². The third-order valence-electron chi connectivity index (χ3n) is 3.28. The highest BCUT2D eigenvalue weighted by Gasteiger charge is 2.08. The molecule has 21 heavy (non-hydrogen) atoms. The van der Waals surface area contributed by atoms with E-state index in [1.165, 1.54) is 0 Å².